The van der Waals surface area contributed by atoms with Crippen molar-refractivity contribution in [3.63, 3.8) is 0 Å². The van der Waals surface area contributed by atoms with Gasteiger partial charge in [0.05, 0.1) is 18.2 Å². The Morgan fingerprint density at radius 3 is 2.64 bits per heavy atom. The van der Waals surface area contributed by atoms with E-state index >= 15 is 0 Å². The van der Waals surface area contributed by atoms with Crippen LogP contribution in [0, 0.1) is 16.7 Å². The molecule has 0 aromatic heterocycles. The third-order valence-corrected chi connectivity index (χ3v) is 3.19. The molecular formula is C16H21BrN2O3. The van der Waals surface area contributed by atoms with Crippen molar-refractivity contribution in [2.75, 3.05) is 13.2 Å². The van der Waals surface area contributed by atoms with E-state index in [2.05, 4.69) is 11.4 Å². The Kier molecular flexibility index (Phi) is 9.31. The van der Waals surface area contributed by atoms with Crippen LogP contribution in [0.3, 0.4) is 0 Å². The van der Waals surface area contributed by atoms with Crippen LogP contribution in [0.5, 0.6) is 5.75 Å². The number of ether oxygens (including phenoxy) is 1. The molecule has 0 saturated carbocycles. The molecule has 1 unspecified atom stereocenters. The Hall–Kier alpha value is -1.71. The maximum Gasteiger partial charge on any atom is 0.137 e. The van der Waals surface area contributed by atoms with Gasteiger partial charge in [0.1, 0.15) is 24.4 Å². The summed E-state index contributed by atoms with van der Waals surface area (Å²) in [5.74, 6) is 0.556. The Balaban J connectivity index is 0.00000441. The number of nitrogens with one attached hydrogen (secondary N) is 1. The zero-order valence-corrected chi connectivity index (χ0v) is 14.5. The summed E-state index contributed by atoms with van der Waals surface area (Å²) in [6, 6.07) is 8.59. The number of halogens is 1. The predicted molar refractivity (Wildman–Crippen MR) is 89.3 cm³/mol. The van der Waals surface area contributed by atoms with Crippen molar-refractivity contribution in [3.8, 4) is 11.8 Å². The van der Waals surface area contributed by atoms with Crippen molar-refractivity contribution in [1.82, 2.24) is 5.32 Å². The van der Waals surface area contributed by atoms with E-state index < -0.39 is 11.5 Å². The molecule has 0 aliphatic carbocycles. The molecule has 0 radical (unpaired) electrons. The number of nitrogens with zero attached hydrogens (tertiary/aromatic N) is 1. The molecule has 22 heavy (non-hydrogen) atoms. The SMILES string of the molecule is Br.CC(C)(C=O)C(C=O)NCCCOc1ccccc1C#N. The Bertz CT molecular complexity index is 526. The highest BCUT2D eigenvalue weighted by molar-refractivity contribution is 8.93. The molecule has 0 amide bonds. The van der Waals surface area contributed by atoms with Gasteiger partial charge in [0.15, 0.2) is 0 Å². The number of hydrogen-bond acceptors (Lipinski definition) is 5. The Morgan fingerprint density at radius 1 is 1.36 bits per heavy atom. The maximum absolute atomic E-state index is 11.0. The van der Waals surface area contributed by atoms with E-state index in [1.807, 2.05) is 6.07 Å². The van der Waals surface area contributed by atoms with E-state index in [1.54, 1.807) is 32.0 Å². The molecule has 6 heteroatoms. The number of carbonyl (C=O) groups excluding carboxylic acids is 2. The van der Waals surface area contributed by atoms with Crippen LogP contribution in [0.4, 0.5) is 0 Å². The Morgan fingerprint density at radius 2 is 2.05 bits per heavy atom. The number of rotatable bonds is 9. The van der Waals surface area contributed by atoms with Crippen LogP contribution in [-0.4, -0.2) is 31.8 Å². The van der Waals surface area contributed by atoms with Gasteiger partial charge >= 0.3 is 0 Å². The van der Waals surface area contributed by atoms with E-state index in [-0.39, 0.29) is 17.0 Å². The lowest BCUT2D eigenvalue weighted by Crippen LogP contribution is -2.44. The van der Waals surface area contributed by atoms with Crippen LogP contribution in [0.25, 0.3) is 0 Å². The van der Waals surface area contributed by atoms with Crippen molar-refractivity contribution in [3.05, 3.63) is 29.8 Å². The number of nitriles is 1. The average Bonchev–Trinajstić information content (AvgIpc) is 2.50. The summed E-state index contributed by atoms with van der Waals surface area (Å²) in [6.45, 7) is 4.41. The van der Waals surface area contributed by atoms with Gasteiger partial charge in [0.2, 0.25) is 0 Å². The zero-order valence-electron chi connectivity index (χ0n) is 12.7. The van der Waals surface area contributed by atoms with Crippen LogP contribution < -0.4 is 10.1 Å². The molecule has 1 rings (SSSR count). The van der Waals surface area contributed by atoms with Gasteiger partial charge in [-0.15, -0.1) is 17.0 Å². The highest BCUT2D eigenvalue weighted by Crippen LogP contribution is 2.17. The molecule has 0 spiro atoms. The van der Waals surface area contributed by atoms with Gasteiger partial charge in [0, 0.05) is 5.41 Å². The minimum atomic E-state index is -0.726. The molecule has 0 aliphatic rings. The van der Waals surface area contributed by atoms with E-state index in [9.17, 15) is 9.59 Å². The van der Waals surface area contributed by atoms with Gasteiger partial charge in [-0.1, -0.05) is 26.0 Å². The summed E-state index contributed by atoms with van der Waals surface area (Å²) in [5, 5.41) is 12.0. The van der Waals surface area contributed by atoms with Crippen molar-refractivity contribution in [1.29, 1.82) is 5.26 Å². The van der Waals surface area contributed by atoms with E-state index in [1.165, 1.54) is 0 Å². The lowest BCUT2D eigenvalue weighted by molar-refractivity contribution is -0.121. The number of hydrogen-bond donors (Lipinski definition) is 1. The third-order valence-electron chi connectivity index (χ3n) is 3.19. The van der Waals surface area contributed by atoms with Gasteiger partial charge in [-0.2, -0.15) is 5.26 Å². The van der Waals surface area contributed by atoms with Crippen molar-refractivity contribution >= 4 is 29.6 Å². The fraction of sp³-hybridized carbons (Fsp3) is 0.438. The van der Waals surface area contributed by atoms with E-state index in [0.717, 1.165) is 12.6 Å². The standard InChI is InChI=1S/C16H20N2O3.BrH/c1-16(2,12-20)15(11-19)18-8-5-9-21-14-7-4-3-6-13(14)10-17;/h3-4,6-7,11-12,15,18H,5,8-9H2,1-2H3;1H. The van der Waals surface area contributed by atoms with Gasteiger partial charge in [-0.3, -0.25) is 0 Å². The highest BCUT2D eigenvalue weighted by atomic mass is 79.9. The second-order valence-corrected chi connectivity index (χ2v) is 5.32. The maximum atomic E-state index is 11.0. The number of para-hydroxylation sites is 1. The molecule has 1 atom stereocenters. The van der Waals surface area contributed by atoms with Crippen molar-refractivity contribution < 1.29 is 14.3 Å². The summed E-state index contributed by atoms with van der Waals surface area (Å²) in [5.41, 5.74) is -0.228. The summed E-state index contributed by atoms with van der Waals surface area (Å²) in [6.07, 6.45) is 2.19. The van der Waals surface area contributed by atoms with Gasteiger partial charge in [-0.25, -0.2) is 0 Å². The molecule has 0 saturated heterocycles. The molecule has 1 aromatic carbocycles. The number of aldehydes is 2. The average molecular weight is 369 g/mol. The van der Waals surface area contributed by atoms with Gasteiger partial charge < -0.3 is 19.6 Å². The van der Waals surface area contributed by atoms with Crippen LogP contribution >= 0.6 is 17.0 Å². The molecule has 0 fully saturated rings. The summed E-state index contributed by atoms with van der Waals surface area (Å²) >= 11 is 0. The molecule has 1 N–H and O–H groups in total. The van der Waals surface area contributed by atoms with Crippen LogP contribution in [0.2, 0.25) is 0 Å². The van der Waals surface area contributed by atoms with Crippen LogP contribution in [0.1, 0.15) is 25.8 Å². The molecule has 0 heterocycles. The van der Waals surface area contributed by atoms with Crippen LogP contribution in [0.15, 0.2) is 24.3 Å². The predicted octanol–water partition coefficient (Wildman–Crippen LogP) is 2.29. The monoisotopic (exact) mass is 368 g/mol. The second kappa shape index (κ2) is 10.1. The first kappa shape index (κ1) is 20.3. The quantitative estimate of drug-likeness (QED) is 0.534. The lowest BCUT2D eigenvalue weighted by Gasteiger charge is -2.25. The molecule has 120 valence electrons. The Labute approximate surface area is 141 Å². The fourth-order valence-corrected chi connectivity index (χ4v) is 1.76. The molecule has 5 nitrogen and oxygen atoms in total. The molecule has 0 bridgehead atoms. The van der Waals surface area contributed by atoms with Crippen LogP contribution in [-0.2, 0) is 9.59 Å². The first-order valence-electron chi connectivity index (χ1n) is 6.82. The lowest BCUT2D eigenvalue weighted by atomic mass is 9.87. The van der Waals surface area contributed by atoms with Crippen molar-refractivity contribution in [2.24, 2.45) is 5.41 Å². The van der Waals surface area contributed by atoms with Crippen molar-refractivity contribution in [2.45, 2.75) is 26.3 Å². The molecule has 0 aliphatic heterocycles. The normalized spacial score (nSPS) is 11.7. The van der Waals surface area contributed by atoms with E-state index in [0.29, 0.717) is 30.9 Å². The molecule has 1 aromatic rings. The highest BCUT2D eigenvalue weighted by Gasteiger charge is 2.28. The fourth-order valence-electron chi connectivity index (χ4n) is 1.76. The molecular weight excluding hydrogens is 348 g/mol. The minimum absolute atomic E-state index is 0. The zero-order chi connectivity index (χ0) is 15.7. The minimum Gasteiger partial charge on any atom is -0.492 e. The van der Waals surface area contributed by atoms with Gasteiger partial charge in [-0.05, 0) is 25.1 Å². The summed E-state index contributed by atoms with van der Waals surface area (Å²) in [4.78, 5) is 21.9. The number of benzene rings is 1. The second-order valence-electron chi connectivity index (χ2n) is 5.32. The summed E-state index contributed by atoms with van der Waals surface area (Å²) < 4.78 is 5.54. The van der Waals surface area contributed by atoms with Gasteiger partial charge in [0.25, 0.3) is 0 Å². The smallest absolute Gasteiger partial charge is 0.137 e. The first-order valence-corrected chi connectivity index (χ1v) is 6.82. The third kappa shape index (κ3) is 5.96. The van der Waals surface area contributed by atoms with E-state index in [4.69, 9.17) is 10.00 Å². The number of carbonyl (C=O) groups is 2. The first-order chi connectivity index (χ1) is 10.0. The largest absolute Gasteiger partial charge is 0.492 e. The summed E-state index contributed by atoms with van der Waals surface area (Å²) in [7, 11) is 0. The topological polar surface area (TPSA) is 79.2 Å².